The normalized spacial score (nSPS) is 14.4. The van der Waals surface area contributed by atoms with Gasteiger partial charge in [0.05, 0.1) is 0 Å². The molecule has 0 saturated carbocycles. The molecular weight excluding hydrogens is 282 g/mol. The second kappa shape index (κ2) is 6.79. The van der Waals surface area contributed by atoms with Gasteiger partial charge in [-0.1, -0.05) is 29.8 Å². The zero-order valence-electron chi connectivity index (χ0n) is 10.6. The van der Waals surface area contributed by atoms with E-state index in [2.05, 4.69) is 47.0 Å². The number of anilines is 1. The highest BCUT2D eigenvalue weighted by atomic mass is 79.9. The Bertz CT molecular complexity index is 403. The molecule has 0 aliphatic rings. The van der Waals surface area contributed by atoms with E-state index in [0.717, 1.165) is 19.4 Å². The van der Waals surface area contributed by atoms with Gasteiger partial charge in [0.1, 0.15) is 0 Å². The van der Waals surface area contributed by atoms with E-state index in [0.29, 0.717) is 10.6 Å². The van der Waals surface area contributed by atoms with E-state index in [-0.39, 0.29) is 11.6 Å². The first-order valence-electron chi connectivity index (χ1n) is 6.00. The van der Waals surface area contributed by atoms with E-state index in [1.54, 1.807) is 17.0 Å². The van der Waals surface area contributed by atoms with Gasteiger partial charge in [-0.3, -0.25) is 4.79 Å². The zero-order chi connectivity index (χ0) is 12.8. The van der Waals surface area contributed by atoms with Crippen molar-refractivity contribution in [1.82, 2.24) is 9.55 Å². The molecule has 17 heavy (non-hydrogen) atoms. The van der Waals surface area contributed by atoms with Crippen LogP contribution in [0.1, 0.15) is 33.6 Å². The molecule has 0 aliphatic heterocycles. The van der Waals surface area contributed by atoms with Crippen molar-refractivity contribution in [3.63, 3.8) is 0 Å². The molecule has 0 fully saturated rings. The predicted molar refractivity (Wildman–Crippen MR) is 74.9 cm³/mol. The van der Waals surface area contributed by atoms with Gasteiger partial charge >= 0.3 is 0 Å². The van der Waals surface area contributed by atoms with Crippen LogP contribution in [-0.2, 0) is 6.54 Å². The van der Waals surface area contributed by atoms with Gasteiger partial charge in [0.2, 0.25) is 0 Å². The average Bonchev–Trinajstić information content (AvgIpc) is 2.23. The minimum Gasteiger partial charge on any atom is -0.363 e. The number of nitrogens with one attached hydrogen (secondary N) is 1. The van der Waals surface area contributed by atoms with E-state index in [4.69, 9.17) is 0 Å². The SMILES string of the molecule is CCCn1ccnc(NC(C)CC(C)Br)c1=O. The van der Waals surface area contributed by atoms with E-state index < -0.39 is 0 Å². The van der Waals surface area contributed by atoms with Crippen LogP contribution in [0, 0.1) is 0 Å². The molecule has 0 aromatic carbocycles. The third kappa shape index (κ3) is 4.50. The quantitative estimate of drug-likeness (QED) is 0.822. The van der Waals surface area contributed by atoms with Crippen molar-refractivity contribution in [2.75, 3.05) is 5.32 Å². The Labute approximate surface area is 111 Å². The lowest BCUT2D eigenvalue weighted by molar-refractivity contribution is 0.643. The molecule has 2 atom stereocenters. The number of rotatable bonds is 6. The van der Waals surface area contributed by atoms with E-state index in [1.807, 2.05) is 0 Å². The molecule has 0 spiro atoms. The molecule has 0 aliphatic carbocycles. The van der Waals surface area contributed by atoms with Crippen LogP contribution in [0.25, 0.3) is 0 Å². The van der Waals surface area contributed by atoms with Crippen LogP contribution in [0.5, 0.6) is 0 Å². The third-order valence-corrected chi connectivity index (χ3v) is 2.81. The molecule has 1 aromatic heterocycles. The van der Waals surface area contributed by atoms with Crippen LogP contribution in [0.15, 0.2) is 17.2 Å². The number of hydrogen-bond acceptors (Lipinski definition) is 3. The molecule has 2 unspecified atom stereocenters. The molecule has 5 heteroatoms. The number of alkyl halides is 1. The first-order valence-corrected chi connectivity index (χ1v) is 6.92. The molecule has 0 amide bonds. The molecule has 0 bridgehead atoms. The summed E-state index contributed by atoms with van der Waals surface area (Å²) in [5, 5.41) is 3.17. The number of nitrogens with zero attached hydrogens (tertiary/aromatic N) is 2. The second-order valence-electron chi connectivity index (χ2n) is 4.34. The number of hydrogen-bond donors (Lipinski definition) is 1. The highest BCUT2D eigenvalue weighted by Crippen LogP contribution is 2.09. The summed E-state index contributed by atoms with van der Waals surface area (Å²) in [6, 6.07) is 0.224. The van der Waals surface area contributed by atoms with E-state index >= 15 is 0 Å². The fourth-order valence-electron chi connectivity index (χ4n) is 1.74. The minimum absolute atomic E-state index is 0.0385. The Morgan fingerprint density at radius 1 is 1.53 bits per heavy atom. The van der Waals surface area contributed by atoms with Gasteiger partial charge in [-0.2, -0.15) is 0 Å². The van der Waals surface area contributed by atoms with Gasteiger partial charge in [-0.25, -0.2) is 4.98 Å². The van der Waals surface area contributed by atoms with Crippen LogP contribution in [0.2, 0.25) is 0 Å². The summed E-state index contributed by atoms with van der Waals surface area (Å²) < 4.78 is 1.69. The number of aryl methyl sites for hydroxylation is 1. The first-order chi connectivity index (χ1) is 8.04. The lowest BCUT2D eigenvalue weighted by Crippen LogP contribution is -2.28. The Balaban J connectivity index is 2.77. The van der Waals surface area contributed by atoms with Gasteiger partial charge in [-0.05, 0) is 19.8 Å². The highest BCUT2D eigenvalue weighted by molar-refractivity contribution is 9.09. The summed E-state index contributed by atoms with van der Waals surface area (Å²) in [6.07, 6.45) is 5.29. The fraction of sp³-hybridized carbons (Fsp3) is 0.667. The molecular formula is C12H20BrN3O. The van der Waals surface area contributed by atoms with E-state index in [9.17, 15) is 4.79 Å². The molecule has 0 radical (unpaired) electrons. The zero-order valence-corrected chi connectivity index (χ0v) is 12.2. The van der Waals surface area contributed by atoms with Gasteiger partial charge in [0, 0.05) is 29.8 Å². The number of halogens is 1. The molecule has 1 rings (SSSR count). The van der Waals surface area contributed by atoms with Crippen molar-refractivity contribution >= 4 is 21.7 Å². The minimum atomic E-state index is -0.0385. The maximum absolute atomic E-state index is 12.0. The summed E-state index contributed by atoms with van der Waals surface area (Å²) in [5.74, 6) is 0.446. The Morgan fingerprint density at radius 2 is 2.24 bits per heavy atom. The standard InChI is InChI=1S/C12H20BrN3O/c1-4-6-16-7-5-14-11(12(16)17)15-10(3)8-9(2)13/h5,7,9-10H,4,6,8H2,1-3H3,(H,14,15). The molecule has 0 saturated heterocycles. The maximum atomic E-state index is 12.0. The molecule has 96 valence electrons. The van der Waals surface area contributed by atoms with Crippen molar-refractivity contribution in [3.8, 4) is 0 Å². The van der Waals surface area contributed by atoms with Crippen LogP contribution in [0.4, 0.5) is 5.82 Å². The summed E-state index contributed by atoms with van der Waals surface area (Å²) in [5.41, 5.74) is -0.0385. The molecule has 1 N–H and O–H groups in total. The van der Waals surface area contributed by atoms with Crippen molar-refractivity contribution in [2.24, 2.45) is 0 Å². The largest absolute Gasteiger partial charge is 0.363 e. The van der Waals surface area contributed by atoms with Crippen LogP contribution in [-0.4, -0.2) is 20.4 Å². The Morgan fingerprint density at radius 3 is 2.82 bits per heavy atom. The summed E-state index contributed by atoms with van der Waals surface area (Å²) in [6.45, 7) is 6.93. The lowest BCUT2D eigenvalue weighted by atomic mass is 10.2. The summed E-state index contributed by atoms with van der Waals surface area (Å²) in [4.78, 5) is 16.5. The third-order valence-electron chi connectivity index (χ3n) is 2.44. The fourth-order valence-corrected chi connectivity index (χ4v) is 2.30. The summed E-state index contributed by atoms with van der Waals surface area (Å²) >= 11 is 3.50. The second-order valence-corrected chi connectivity index (χ2v) is 5.90. The average molecular weight is 302 g/mol. The van der Waals surface area contributed by atoms with Crippen LogP contribution in [0.3, 0.4) is 0 Å². The highest BCUT2D eigenvalue weighted by Gasteiger charge is 2.10. The van der Waals surface area contributed by atoms with Crippen molar-refractivity contribution in [2.45, 2.75) is 51.0 Å². The van der Waals surface area contributed by atoms with Gasteiger partial charge < -0.3 is 9.88 Å². The van der Waals surface area contributed by atoms with Crippen LogP contribution >= 0.6 is 15.9 Å². The van der Waals surface area contributed by atoms with Gasteiger partial charge in [0.25, 0.3) is 5.56 Å². The Hall–Kier alpha value is -0.840. The van der Waals surface area contributed by atoms with Gasteiger partial charge in [-0.15, -0.1) is 0 Å². The van der Waals surface area contributed by atoms with Gasteiger partial charge in [0.15, 0.2) is 5.82 Å². The van der Waals surface area contributed by atoms with Crippen molar-refractivity contribution in [3.05, 3.63) is 22.7 Å². The monoisotopic (exact) mass is 301 g/mol. The molecule has 4 nitrogen and oxygen atoms in total. The topological polar surface area (TPSA) is 46.9 Å². The smallest absolute Gasteiger partial charge is 0.293 e. The van der Waals surface area contributed by atoms with Crippen molar-refractivity contribution < 1.29 is 0 Å². The van der Waals surface area contributed by atoms with Crippen molar-refractivity contribution in [1.29, 1.82) is 0 Å². The van der Waals surface area contributed by atoms with E-state index in [1.165, 1.54) is 0 Å². The molecule has 1 heterocycles. The maximum Gasteiger partial charge on any atom is 0.293 e. The Kier molecular flexibility index (Phi) is 5.68. The summed E-state index contributed by atoms with van der Waals surface area (Å²) in [7, 11) is 0. The number of aromatic nitrogens is 2. The predicted octanol–water partition coefficient (Wildman–Crippen LogP) is 2.63. The van der Waals surface area contributed by atoms with Crippen LogP contribution < -0.4 is 10.9 Å². The first kappa shape index (κ1) is 14.2. The molecule has 1 aromatic rings. The lowest BCUT2D eigenvalue weighted by Gasteiger charge is -2.15.